The lowest BCUT2D eigenvalue weighted by Gasteiger charge is -2.14. The molecule has 1 aliphatic heterocycles. The van der Waals surface area contributed by atoms with Crippen molar-refractivity contribution < 1.29 is 13.2 Å². The van der Waals surface area contributed by atoms with Gasteiger partial charge in [0.25, 0.3) is 10.0 Å². The third-order valence-corrected chi connectivity index (χ3v) is 4.24. The summed E-state index contributed by atoms with van der Waals surface area (Å²) in [6.45, 7) is 3.96. The van der Waals surface area contributed by atoms with Crippen LogP contribution in [0.5, 0.6) is 0 Å². The minimum absolute atomic E-state index is 0.0968. The van der Waals surface area contributed by atoms with Crippen LogP contribution in [0, 0.1) is 12.8 Å². The molecule has 0 fully saturated rings. The highest BCUT2D eigenvalue weighted by atomic mass is 32.2. The van der Waals surface area contributed by atoms with E-state index in [4.69, 9.17) is 0 Å². The van der Waals surface area contributed by atoms with Crippen LogP contribution in [0.15, 0.2) is 34.3 Å². The minimum Gasteiger partial charge on any atom is -0.246 e. The van der Waals surface area contributed by atoms with Gasteiger partial charge in [-0.05, 0) is 18.6 Å². The molecule has 1 aromatic carbocycles. The molecular weight excluding hydrogens is 266 g/mol. The smallest absolute Gasteiger partial charge is 0.246 e. The molecule has 0 radical (unpaired) electrons. The number of carbonyl (C=O) groups excluding carboxylic acids is 1. The van der Waals surface area contributed by atoms with Gasteiger partial charge in [0, 0.05) is 12.1 Å². The fourth-order valence-corrected chi connectivity index (χ4v) is 2.97. The molecule has 0 bridgehead atoms. The van der Waals surface area contributed by atoms with E-state index in [1.165, 1.54) is 6.07 Å². The first-order valence-corrected chi connectivity index (χ1v) is 7.32. The average Bonchev–Trinajstić information content (AvgIpc) is 2.76. The number of carbonyl (C=O) groups is 1. The van der Waals surface area contributed by atoms with Crippen molar-refractivity contribution in [2.24, 2.45) is 11.0 Å². The molecule has 0 spiro atoms. The van der Waals surface area contributed by atoms with Crippen LogP contribution in [-0.2, 0) is 10.0 Å². The highest BCUT2D eigenvalue weighted by molar-refractivity contribution is 7.90. The van der Waals surface area contributed by atoms with E-state index in [0.29, 0.717) is 12.1 Å². The minimum atomic E-state index is -3.86. The van der Waals surface area contributed by atoms with Crippen molar-refractivity contribution in [2.45, 2.75) is 18.7 Å². The Kier molecular flexibility index (Phi) is 3.57. The van der Waals surface area contributed by atoms with Crippen molar-refractivity contribution in [1.82, 2.24) is 9.73 Å². The number of aryl methyl sites for hydroxylation is 1. The van der Waals surface area contributed by atoms with Crippen LogP contribution in [0.25, 0.3) is 0 Å². The summed E-state index contributed by atoms with van der Waals surface area (Å²) in [4.78, 5) is 11.9. The first kappa shape index (κ1) is 13.5. The number of hydrogen-bond acceptors (Lipinski definition) is 4. The SMILES string of the molecule is Cc1ccccc1S(=O)(=O)NC(=O)N1CC(C)C=N1. The van der Waals surface area contributed by atoms with E-state index >= 15 is 0 Å². The molecule has 0 aliphatic carbocycles. The van der Waals surface area contributed by atoms with Gasteiger partial charge in [0.2, 0.25) is 0 Å². The van der Waals surface area contributed by atoms with Crippen molar-refractivity contribution in [2.75, 3.05) is 6.54 Å². The lowest BCUT2D eigenvalue weighted by atomic mass is 10.2. The Morgan fingerprint density at radius 2 is 2.11 bits per heavy atom. The molecule has 1 N–H and O–H groups in total. The summed E-state index contributed by atoms with van der Waals surface area (Å²) in [5.74, 6) is 0.131. The van der Waals surface area contributed by atoms with Gasteiger partial charge in [0.1, 0.15) is 0 Å². The summed E-state index contributed by atoms with van der Waals surface area (Å²) in [5.41, 5.74) is 0.584. The number of nitrogens with one attached hydrogen (secondary N) is 1. The maximum atomic E-state index is 12.1. The Balaban J connectivity index is 2.17. The molecular formula is C12H15N3O3S. The van der Waals surface area contributed by atoms with Crippen LogP contribution < -0.4 is 4.72 Å². The monoisotopic (exact) mass is 281 g/mol. The third-order valence-electron chi connectivity index (χ3n) is 2.76. The van der Waals surface area contributed by atoms with Gasteiger partial charge in [-0.15, -0.1) is 0 Å². The quantitative estimate of drug-likeness (QED) is 0.888. The largest absolute Gasteiger partial charge is 0.351 e. The molecule has 1 aromatic rings. The standard InChI is InChI=1S/C12H15N3O3S/c1-9-7-13-15(8-9)12(16)14-19(17,18)11-6-4-3-5-10(11)2/h3-7,9H,8H2,1-2H3,(H,14,16). The Hall–Kier alpha value is -1.89. The molecule has 19 heavy (non-hydrogen) atoms. The zero-order valence-corrected chi connectivity index (χ0v) is 11.5. The second-order valence-electron chi connectivity index (χ2n) is 4.50. The second-order valence-corrected chi connectivity index (χ2v) is 6.15. The van der Waals surface area contributed by atoms with Gasteiger partial charge >= 0.3 is 6.03 Å². The zero-order valence-electron chi connectivity index (χ0n) is 10.7. The van der Waals surface area contributed by atoms with E-state index in [-0.39, 0.29) is 10.8 Å². The first-order valence-electron chi connectivity index (χ1n) is 5.84. The molecule has 6 nitrogen and oxygen atoms in total. The van der Waals surface area contributed by atoms with Gasteiger partial charge in [0.05, 0.1) is 11.4 Å². The third kappa shape index (κ3) is 2.93. The van der Waals surface area contributed by atoms with Crippen molar-refractivity contribution in [1.29, 1.82) is 0 Å². The number of benzene rings is 1. The van der Waals surface area contributed by atoms with Crippen molar-refractivity contribution in [3.05, 3.63) is 29.8 Å². The highest BCUT2D eigenvalue weighted by Gasteiger charge is 2.25. The lowest BCUT2D eigenvalue weighted by molar-refractivity contribution is 0.208. The maximum absolute atomic E-state index is 12.1. The van der Waals surface area contributed by atoms with Crippen molar-refractivity contribution >= 4 is 22.3 Å². The molecule has 2 amide bonds. The first-order chi connectivity index (χ1) is 8.90. The number of rotatable bonds is 2. The Morgan fingerprint density at radius 1 is 1.42 bits per heavy atom. The van der Waals surface area contributed by atoms with Crippen molar-refractivity contribution in [3.63, 3.8) is 0 Å². The normalized spacial score (nSPS) is 18.6. The van der Waals surface area contributed by atoms with Crippen LogP contribution in [0.1, 0.15) is 12.5 Å². The predicted octanol–water partition coefficient (Wildman–Crippen LogP) is 1.33. The molecule has 102 valence electrons. The van der Waals surface area contributed by atoms with Crippen molar-refractivity contribution in [3.8, 4) is 0 Å². The molecule has 1 atom stereocenters. The number of nitrogens with zero attached hydrogens (tertiary/aromatic N) is 2. The second kappa shape index (κ2) is 5.00. The van der Waals surface area contributed by atoms with Gasteiger partial charge in [-0.1, -0.05) is 25.1 Å². The molecule has 7 heteroatoms. The van der Waals surface area contributed by atoms with E-state index in [2.05, 4.69) is 5.10 Å². The molecule has 0 aromatic heterocycles. The number of hydrogen-bond donors (Lipinski definition) is 1. The van der Waals surface area contributed by atoms with Crippen LogP contribution in [-0.4, -0.2) is 32.2 Å². The highest BCUT2D eigenvalue weighted by Crippen LogP contribution is 2.15. The number of sulfonamides is 1. The van der Waals surface area contributed by atoms with Crippen LogP contribution in [0.3, 0.4) is 0 Å². The predicted molar refractivity (Wildman–Crippen MR) is 71.3 cm³/mol. The van der Waals surface area contributed by atoms with E-state index in [9.17, 15) is 13.2 Å². The average molecular weight is 281 g/mol. The van der Waals surface area contributed by atoms with E-state index < -0.39 is 16.1 Å². The number of urea groups is 1. The fraction of sp³-hybridized carbons (Fsp3) is 0.333. The molecule has 1 unspecified atom stereocenters. The summed E-state index contributed by atoms with van der Waals surface area (Å²) < 4.78 is 26.2. The van der Waals surface area contributed by atoms with Gasteiger partial charge in [0.15, 0.2) is 0 Å². The molecule has 1 heterocycles. The van der Waals surface area contributed by atoms with E-state index in [1.807, 2.05) is 11.6 Å². The van der Waals surface area contributed by atoms with Crippen LogP contribution >= 0.6 is 0 Å². The van der Waals surface area contributed by atoms with E-state index in [0.717, 1.165) is 5.01 Å². The molecule has 1 aliphatic rings. The Labute approximate surface area is 112 Å². The van der Waals surface area contributed by atoms with Gasteiger partial charge in [-0.2, -0.15) is 5.10 Å². The van der Waals surface area contributed by atoms with Crippen LogP contribution in [0.2, 0.25) is 0 Å². The zero-order chi connectivity index (χ0) is 14.0. The number of hydrazone groups is 1. The summed E-state index contributed by atoms with van der Waals surface area (Å²) in [5, 5.41) is 4.96. The lowest BCUT2D eigenvalue weighted by Crippen LogP contribution is -2.40. The van der Waals surface area contributed by atoms with Crippen LogP contribution in [0.4, 0.5) is 4.79 Å². The maximum Gasteiger partial charge on any atom is 0.351 e. The molecule has 0 saturated heterocycles. The molecule has 2 rings (SSSR count). The van der Waals surface area contributed by atoms with Gasteiger partial charge in [-0.3, -0.25) is 0 Å². The fourth-order valence-electron chi connectivity index (χ4n) is 1.78. The molecule has 0 saturated carbocycles. The Bertz CT molecular complexity index is 625. The van der Waals surface area contributed by atoms with Gasteiger partial charge < -0.3 is 0 Å². The summed E-state index contributed by atoms with van der Waals surface area (Å²) in [6, 6.07) is 5.75. The van der Waals surface area contributed by atoms with Gasteiger partial charge in [-0.25, -0.2) is 22.9 Å². The van der Waals surface area contributed by atoms with E-state index in [1.54, 1.807) is 31.3 Å². The summed E-state index contributed by atoms with van der Waals surface area (Å²) in [6.07, 6.45) is 1.61. The summed E-state index contributed by atoms with van der Waals surface area (Å²) >= 11 is 0. The summed E-state index contributed by atoms with van der Waals surface area (Å²) in [7, 11) is -3.86. The topological polar surface area (TPSA) is 78.8 Å². The number of amides is 2. The Morgan fingerprint density at radius 3 is 2.68 bits per heavy atom.